The Morgan fingerprint density at radius 2 is 2.12 bits per heavy atom. The van der Waals surface area contributed by atoms with Crippen molar-refractivity contribution in [2.45, 2.75) is 51.6 Å². The lowest BCUT2D eigenvalue weighted by Crippen LogP contribution is -2.49. The Bertz CT molecular complexity index is 220. The van der Waals surface area contributed by atoms with Crippen molar-refractivity contribution in [3.05, 3.63) is 0 Å². The Morgan fingerprint density at radius 1 is 1.44 bits per heavy atom. The maximum atomic E-state index is 11.7. The lowest BCUT2D eigenvalue weighted by atomic mass is 10.0. The zero-order chi connectivity index (χ0) is 12.0. The molecule has 1 aliphatic heterocycles. The van der Waals surface area contributed by atoms with E-state index in [4.69, 9.17) is 0 Å². The van der Waals surface area contributed by atoms with Crippen molar-refractivity contribution in [1.29, 1.82) is 0 Å². The molecule has 0 aromatic heterocycles. The average molecular weight is 227 g/mol. The van der Waals surface area contributed by atoms with E-state index in [1.165, 1.54) is 0 Å². The molecular formula is C12H25N3O. The van der Waals surface area contributed by atoms with Gasteiger partial charge in [-0.2, -0.15) is 0 Å². The van der Waals surface area contributed by atoms with Crippen molar-refractivity contribution < 1.29 is 4.79 Å². The molecular weight excluding hydrogens is 202 g/mol. The van der Waals surface area contributed by atoms with E-state index in [1.54, 1.807) is 0 Å². The first-order chi connectivity index (χ1) is 7.59. The summed E-state index contributed by atoms with van der Waals surface area (Å²) in [6, 6.07) is 0.323. The van der Waals surface area contributed by atoms with E-state index in [1.807, 2.05) is 0 Å². The van der Waals surface area contributed by atoms with Crippen molar-refractivity contribution in [1.82, 2.24) is 16.0 Å². The predicted molar refractivity (Wildman–Crippen MR) is 66.4 cm³/mol. The highest BCUT2D eigenvalue weighted by molar-refractivity contribution is 5.78. The van der Waals surface area contributed by atoms with Gasteiger partial charge in [-0.15, -0.1) is 0 Å². The first-order valence-corrected chi connectivity index (χ1v) is 6.34. The van der Waals surface area contributed by atoms with Crippen LogP contribution in [0, 0.1) is 0 Å². The summed E-state index contributed by atoms with van der Waals surface area (Å²) in [6.07, 6.45) is 3.09. The fourth-order valence-corrected chi connectivity index (χ4v) is 2.03. The van der Waals surface area contributed by atoms with Crippen LogP contribution in [0.1, 0.15) is 40.0 Å². The Labute approximate surface area is 98.6 Å². The third-order valence-corrected chi connectivity index (χ3v) is 3.40. The van der Waals surface area contributed by atoms with Crippen molar-refractivity contribution in [2.75, 3.05) is 19.6 Å². The van der Waals surface area contributed by atoms with Gasteiger partial charge in [-0.25, -0.2) is 0 Å². The van der Waals surface area contributed by atoms with Crippen LogP contribution >= 0.6 is 0 Å². The van der Waals surface area contributed by atoms with Gasteiger partial charge in [0.05, 0.1) is 6.54 Å². The van der Waals surface area contributed by atoms with E-state index in [0.29, 0.717) is 12.6 Å². The van der Waals surface area contributed by atoms with Gasteiger partial charge in [-0.1, -0.05) is 13.8 Å². The van der Waals surface area contributed by atoms with Gasteiger partial charge < -0.3 is 16.0 Å². The van der Waals surface area contributed by atoms with Crippen molar-refractivity contribution >= 4 is 5.91 Å². The molecule has 1 unspecified atom stereocenters. The minimum absolute atomic E-state index is 0.0886. The minimum Gasteiger partial charge on any atom is -0.352 e. The van der Waals surface area contributed by atoms with Crippen LogP contribution in [0.5, 0.6) is 0 Å². The molecule has 1 aliphatic rings. The molecule has 0 spiro atoms. The van der Waals surface area contributed by atoms with Crippen molar-refractivity contribution in [3.8, 4) is 0 Å². The number of hydrogen-bond acceptors (Lipinski definition) is 3. The van der Waals surface area contributed by atoms with Crippen LogP contribution in [0.25, 0.3) is 0 Å². The summed E-state index contributed by atoms with van der Waals surface area (Å²) in [6.45, 7) is 8.78. The van der Waals surface area contributed by atoms with Crippen LogP contribution in [0.3, 0.4) is 0 Å². The minimum atomic E-state index is 0.0886. The van der Waals surface area contributed by atoms with E-state index in [2.05, 4.69) is 36.7 Å². The third-order valence-electron chi connectivity index (χ3n) is 3.40. The lowest BCUT2D eigenvalue weighted by Gasteiger charge is -2.25. The quantitative estimate of drug-likeness (QED) is 0.624. The van der Waals surface area contributed by atoms with Crippen LogP contribution in [0.2, 0.25) is 0 Å². The summed E-state index contributed by atoms with van der Waals surface area (Å²) in [5.74, 6) is 0.113. The molecule has 0 aromatic rings. The lowest BCUT2D eigenvalue weighted by molar-refractivity contribution is -0.121. The van der Waals surface area contributed by atoms with E-state index < -0.39 is 0 Å². The predicted octanol–water partition coefficient (Wildman–Crippen LogP) is 0.633. The first kappa shape index (κ1) is 13.5. The monoisotopic (exact) mass is 227 g/mol. The van der Waals surface area contributed by atoms with E-state index in [0.717, 1.165) is 32.4 Å². The molecule has 1 saturated heterocycles. The zero-order valence-electron chi connectivity index (χ0n) is 10.7. The molecule has 94 valence electrons. The van der Waals surface area contributed by atoms with Crippen LogP contribution in [0.4, 0.5) is 0 Å². The van der Waals surface area contributed by atoms with Crippen LogP contribution in [-0.2, 0) is 4.79 Å². The van der Waals surface area contributed by atoms with E-state index >= 15 is 0 Å². The van der Waals surface area contributed by atoms with Gasteiger partial charge in [0.1, 0.15) is 0 Å². The Hall–Kier alpha value is -0.610. The number of amides is 1. The second-order valence-electron chi connectivity index (χ2n) is 4.92. The number of carbonyl (C=O) groups excluding carboxylic acids is 1. The SMILES string of the molecule is CCC(CC)NC(=O)CNC1(C)CCNC1. The number of rotatable bonds is 6. The fourth-order valence-electron chi connectivity index (χ4n) is 2.03. The molecule has 1 rings (SSSR count). The van der Waals surface area contributed by atoms with Gasteiger partial charge in [-0.3, -0.25) is 4.79 Å². The van der Waals surface area contributed by atoms with Gasteiger partial charge >= 0.3 is 0 Å². The maximum Gasteiger partial charge on any atom is 0.234 e. The number of nitrogens with one attached hydrogen (secondary N) is 3. The Kier molecular flexibility index (Phi) is 5.22. The summed E-state index contributed by atoms with van der Waals surface area (Å²) < 4.78 is 0. The van der Waals surface area contributed by atoms with Crippen LogP contribution in [-0.4, -0.2) is 37.1 Å². The molecule has 0 radical (unpaired) electrons. The van der Waals surface area contributed by atoms with Crippen molar-refractivity contribution in [3.63, 3.8) is 0 Å². The molecule has 16 heavy (non-hydrogen) atoms. The second-order valence-corrected chi connectivity index (χ2v) is 4.92. The van der Waals surface area contributed by atoms with Gasteiger partial charge in [-0.05, 0) is 32.7 Å². The Balaban J connectivity index is 2.24. The van der Waals surface area contributed by atoms with E-state index in [-0.39, 0.29) is 11.4 Å². The average Bonchev–Trinajstić information content (AvgIpc) is 2.71. The first-order valence-electron chi connectivity index (χ1n) is 6.34. The van der Waals surface area contributed by atoms with Crippen molar-refractivity contribution in [2.24, 2.45) is 0 Å². The molecule has 0 saturated carbocycles. The molecule has 1 amide bonds. The summed E-state index contributed by atoms with van der Waals surface area (Å²) >= 11 is 0. The summed E-state index contributed by atoms with van der Waals surface area (Å²) in [5, 5.41) is 9.68. The maximum absolute atomic E-state index is 11.7. The molecule has 4 nitrogen and oxygen atoms in total. The standard InChI is InChI=1S/C12H25N3O/c1-4-10(5-2)15-11(16)8-14-12(3)6-7-13-9-12/h10,13-14H,4-9H2,1-3H3,(H,15,16). The Morgan fingerprint density at radius 3 is 2.62 bits per heavy atom. The van der Waals surface area contributed by atoms with Crippen LogP contribution < -0.4 is 16.0 Å². The molecule has 3 N–H and O–H groups in total. The fraction of sp³-hybridized carbons (Fsp3) is 0.917. The zero-order valence-corrected chi connectivity index (χ0v) is 10.7. The summed E-state index contributed by atoms with van der Waals surface area (Å²) in [4.78, 5) is 11.7. The van der Waals surface area contributed by atoms with E-state index in [9.17, 15) is 4.79 Å². The van der Waals surface area contributed by atoms with Gasteiger partial charge in [0.2, 0.25) is 5.91 Å². The number of carbonyl (C=O) groups is 1. The molecule has 0 aromatic carbocycles. The highest BCUT2D eigenvalue weighted by Gasteiger charge is 2.28. The smallest absolute Gasteiger partial charge is 0.234 e. The molecule has 0 aliphatic carbocycles. The van der Waals surface area contributed by atoms with Gasteiger partial charge in [0.15, 0.2) is 0 Å². The molecule has 1 heterocycles. The van der Waals surface area contributed by atoms with Crippen LogP contribution in [0.15, 0.2) is 0 Å². The summed E-state index contributed by atoms with van der Waals surface area (Å²) in [5.41, 5.74) is 0.0886. The molecule has 1 fully saturated rings. The normalized spacial score (nSPS) is 25.0. The molecule has 1 atom stereocenters. The largest absolute Gasteiger partial charge is 0.352 e. The van der Waals surface area contributed by atoms with Gasteiger partial charge in [0, 0.05) is 18.1 Å². The highest BCUT2D eigenvalue weighted by Crippen LogP contribution is 2.12. The number of hydrogen-bond donors (Lipinski definition) is 3. The molecule has 4 heteroatoms. The molecule has 0 bridgehead atoms. The van der Waals surface area contributed by atoms with Gasteiger partial charge in [0.25, 0.3) is 0 Å². The third kappa shape index (κ3) is 4.10. The second kappa shape index (κ2) is 6.21. The topological polar surface area (TPSA) is 53.2 Å². The summed E-state index contributed by atoms with van der Waals surface area (Å²) in [7, 11) is 0. The highest BCUT2D eigenvalue weighted by atomic mass is 16.2.